The van der Waals surface area contributed by atoms with Crippen molar-refractivity contribution in [2.75, 3.05) is 20.1 Å². The lowest BCUT2D eigenvalue weighted by Crippen LogP contribution is -2.38. The zero-order valence-corrected chi connectivity index (χ0v) is 17.9. The van der Waals surface area contributed by atoms with Gasteiger partial charge >= 0.3 is 0 Å². The lowest BCUT2D eigenvalue weighted by molar-refractivity contribution is -0.121. The van der Waals surface area contributed by atoms with Crippen molar-refractivity contribution in [2.24, 2.45) is 4.99 Å². The molecular weight excluding hydrogens is 439 g/mol. The number of aliphatic imine (C=N–C) groups is 1. The highest BCUT2D eigenvalue weighted by Crippen LogP contribution is 2.12. The molecule has 1 rings (SSSR count). The predicted molar refractivity (Wildman–Crippen MR) is 112 cm³/mol. The number of hydrogen-bond acceptors (Lipinski definition) is 2. The molecule has 2 N–H and O–H groups in total. The van der Waals surface area contributed by atoms with Crippen molar-refractivity contribution in [3.8, 4) is 0 Å². The second-order valence-electron chi connectivity index (χ2n) is 5.69. The highest BCUT2D eigenvalue weighted by atomic mass is 127. The van der Waals surface area contributed by atoms with Crippen LogP contribution in [0.1, 0.15) is 32.8 Å². The molecule has 0 aliphatic rings. The van der Waals surface area contributed by atoms with E-state index in [-0.39, 0.29) is 35.9 Å². The third-order valence-corrected chi connectivity index (χ3v) is 3.29. The second kappa shape index (κ2) is 12.4. The minimum absolute atomic E-state index is 0. The maximum Gasteiger partial charge on any atom is 0.222 e. The fourth-order valence-electron chi connectivity index (χ4n) is 2.11. The zero-order valence-electron chi connectivity index (χ0n) is 14.8. The van der Waals surface area contributed by atoms with Crippen molar-refractivity contribution in [1.29, 1.82) is 0 Å². The number of guanidine groups is 1. The van der Waals surface area contributed by atoms with Gasteiger partial charge in [0.15, 0.2) is 5.96 Å². The number of amides is 1. The van der Waals surface area contributed by atoms with Crippen LogP contribution in [0.25, 0.3) is 0 Å². The highest BCUT2D eigenvalue weighted by Gasteiger charge is 2.08. The Kier molecular flexibility index (Phi) is 11.8. The summed E-state index contributed by atoms with van der Waals surface area (Å²) in [5.74, 6) is 0.807. The van der Waals surface area contributed by atoms with Crippen molar-refractivity contribution in [3.63, 3.8) is 0 Å². The van der Waals surface area contributed by atoms with Gasteiger partial charge in [0.25, 0.3) is 0 Å². The molecule has 0 saturated carbocycles. The first-order valence-corrected chi connectivity index (χ1v) is 8.33. The smallest absolute Gasteiger partial charge is 0.222 e. The summed E-state index contributed by atoms with van der Waals surface area (Å²) in [6.07, 6.45) is 0.387. The molecule has 1 aromatic rings. The molecule has 136 valence electrons. The Bertz CT molecular complexity index is 537. The van der Waals surface area contributed by atoms with Gasteiger partial charge in [-0.05, 0) is 38.5 Å². The maximum absolute atomic E-state index is 11.7. The van der Waals surface area contributed by atoms with E-state index in [1.54, 1.807) is 0 Å². The minimum Gasteiger partial charge on any atom is -0.357 e. The van der Waals surface area contributed by atoms with E-state index < -0.39 is 0 Å². The normalized spacial score (nSPS) is 11.0. The Morgan fingerprint density at radius 1 is 1.38 bits per heavy atom. The van der Waals surface area contributed by atoms with Crippen molar-refractivity contribution >= 4 is 47.4 Å². The van der Waals surface area contributed by atoms with E-state index in [1.165, 1.54) is 0 Å². The number of carbonyl (C=O) groups is 1. The Balaban J connectivity index is 0.00000529. The fourth-order valence-corrected chi connectivity index (χ4v) is 2.32. The van der Waals surface area contributed by atoms with E-state index >= 15 is 0 Å². The molecule has 1 aromatic carbocycles. The summed E-state index contributed by atoms with van der Waals surface area (Å²) >= 11 is 6.02. The van der Waals surface area contributed by atoms with Crippen LogP contribution in [0.4, 0.5) is 0 Å². The summed E-state index contributed by atoms with van der Waals surface area (Å²) in [5.41, 5.74) is 1.11. The van der Waals surface area contributed by atoms with Crippen LogP contribution >= 0.6 is 35.6 Å². The van der Waals surface area contributed by atoms with Gasteiger partial charge in [-0.2, -0.15) is 0 Å². The van der Waals surface area contributed by atoms with E-state index in [4.69, 9.17) is 11.6 Å². The zero-order chi connectivity index (χ0) is 17.2. The first-order chi connectivity index (χ1) is 10.9. The molecule has 0 bridgehead atoms. The quantitative estimate of drug-likeness (QED) is 0.368. The van der Waals surface area contributed by atoms with Gasteiger partial charge in [0.1, 0.15) is 0 Å². The third kappa shape index (κ3) is 9.32. The molecule has 7 heteroatoms. The van der Waals surface area contributed by atoms with E-state index in [0.29, 0.717) is 19.5 Å². The molecule has 0 fully saturated rings. The van der Waals surface area contributed by atoms with Gasteiger partial charge in [-0.15, -0.1) is 24.0 Å². The molecular formula is C17H28ClIN4O. The first kappa shape index (κ1) is 23.0. The SMILES string of the molecule is CCNC(=NCCC(=O)NC(C)C)N(C)Cc1cccc(Cl)c1.I. The van der Waals surface area contributed by atoms with E-state index in [9.17, 15) is 4.79 Å². The molecule has 0 aliphatic heterocycles. The molecule has 0 radical (unpaired) electrons. The molecule has 0 spiro atoms. The number of rotatable bonds is 7. The molecule has 0 unspecified atom stereocenters. The maximum atomic E-state index is 11.7. The molecule has 5 nitrogen and oxygen atoms in total. The summed E-state index contributed by atoms with van der Waals surface area (Å²) in [4.78, 5) is 18.2. The predicted octanol–water partition coefficient (Wildman–Crippen LogP) is 3.27. The van der Waals surface area contributed by atoms with Crippen LogP contribution in [0.5, 0.6) is 0 Å². The monoisotopic (exact) mass is 466 g/mol. The van der Waals surface area contributed by atoms with Gasteiger partial charge < -0.3 is 15.5 Å². The average molecular weight is 467 g/mol. The molecule has 0 aromatic heterocycles. The van der Waals surface area contributed by atoms with Gasteiger partial charge in [0.2, 0.25) is 5.91 Å². The van der Waals surface area contributed by atoms with Gasteiger partial charge in [0, 0.05) is 37.6 Å². The van der Waals surface area contributed by atoms with E-state index in [0.717, 1.165) is 23.1 Å². The van der Waals surface area contributed by atoms with Crippen LogP contribution in [0, 0.1) is 0 Å². The van der Waals surface area contributed by atoms with Gasteiger partial charge in [-0.1, -0.05) is 23.7 Å². The fraction of sp³-hybridized carbons (Fsp3) is 0.529. The van der Waals surface area contributed by atoms with Crippen molar-refractivity contribution in [2.45, 2.75) is 39.8 Å². The highest BCUT2D eigenvalue weighted by molar-refractivity contribution is 14.0. The third-order valence-electron chi connectivity index (χ3n) is 3.06. The lowest BCUT2D eigenvalue weighted by atomic mass is 10.2. The summed E-state index contributed by atoms with van der Waals surface area (Å²) in [7, 11) is 1.97. The van der Waals surface area contributed by atoms with Crippen LogP contribution in [0.2, 0.25) is 5.02 Å². The van der Waals surface area contributed by atoms with Gasteiger partial charge in [-0.25, -0.2) is 0 Å². The second-order valence-corrected chi connectivity index (χ2v) is 6.13. The molecule has 24 heavy (non-hydrogen) atoms. The number of carbonyl (C=O) groups excluding carboxylic acids is 1. The largest absolute Gasteiger partial charge is 0.357 e. The van der Waals surface area contributed by atoms with Gasteiger partial charge in [-0.3, -0.25) is 9.79 Å². The average Bonchev–Trinajstić information content (AvgIpc) is 2.45. The Morgan fingerprint density at radius 2 is 2.08 bits per heavy atom. The standard InChI is InChI=1S/C17H27ClN4O.HI/c1-5-19-17(20-10-9-16(23)21-13(2)3)22(4)12-14-7-6-8-15(18)11-14;/h6-8,11,13H,5,9-10,12H2,1-4H3,(H,19,20)(H,21,23);1H. The molecule has 0 atom stereocenters. The van der Waals surface area contributed by atoms with Crippen molar-refractivity contribution in [1.82, 2.24) is 15.5 Å². The number of halogens is 2. The molecule has 1 amide bonds. The molecule has 0 aliphatic carbocycles. The number of benzene rings is 1. The number of nitrogens with zero attached hydrogens (tertiary/aromatic N) is 2. The van der Waals surface area contributed by atoms with E-state index in [1.807, 2.05) is 57.0 Å². The number of hydrogen-bond donors (Lipinski definition) is 2. The van der Waals surface area contributed by atoms with E-state index in [2.05, 4.69) is 15.6 Å². The summed E-state index contributed by atoms with van der Waals surface area (Å²) in [6.45, 7) is 7.85. The Labute approximate surface area is 167 Å². The summed E-state index contributed by atoms with van der Waals surface area (Å²) in [6, 6.07) is 7.92. The molecule has 0 saturated heterocycles. The summed E-state index contributed by atoms with van der Waals surface area (Å²) in [5, 5.41) is 6.84. The van der Waals surface area contributed by atoms with Crippen molar-refractivity contribution < 1.29 is 4.79 Å². The van der Waals surface area contributed by atoms with Crippen molar-refractivity contribution in [3.05, 3.63) is 34.9 Å². The Hall–Kier alpha value is -1.02. The van der Waals surface area contributed by atoms with Crippen LogP contribution in [0.15, 0.2) is 29.3 Å². The van der Waals surface area contributed by atoms with Crippen LogP contribution in [-0.4, -0.2) is 42.9 Å². The lowest BCUT2D eigenvalue weighted by Gasteiger charge is -2.22. The minimum atomic E-state index is 0. The van der Waals surface area contributed by atoms with Crippen LogP contribution in [-0.2, 0) is 11.3 Å². The van der Waals surface area contributed by atoms with Crippen LogP contribution in [0.3, 0.4) is 0 Å². The van der Waals surface area contributed by atoms with Gasteiger partial charge in [0.05, 0.1) is 6.54 Å². The molecule has 0 heterocycles. The topological polar surface area (TPSA) is 56.7 Å². The van der Waals surface area contributed by atoms with Crippen LogP contribution < -0.4 is 10.6 Å². The first-order valence-electron chi connectivity index (χ1n) is 7.95. The Morgan fingerprint density at radius 3 is 2.67 bits per heavy atom. The number of nitrogens with one attached hydrogen (secondary N) is 2. The summed E-state index contributed by atoms with van der Waals surface area (Å²) < 4.78 is 0.